The first-order chi connectivity index (χ1) is 7.66. The molecule has 2 heteroatoms. The van der Waals surface area contributed by atoms with Crippen molar-refractivity contribution in [2.24, 2.45) is 0 Å². The number of hydrogen-bond donors (Lipinski definition) is 0. The van der Waals surface area contributed by atoms with Gasteiger partial charge in [0.15, 0.2) is 0 Å². The maximum absolute atomic E-state index is 9.47. The molecule has 1 aliphatic heterocycles. The van der Waals surface area contributed by atoms with Crippen LogP contribution in [-0.4, -0.2) is 13.2 Å². The number of rotatable bonds is 1. The molecule has 2 nitrogen and oxygen atoms in total. The first-order valence-corrected chi connectivity index (χ1v) is 5.74. The molecule has 0 aliphatic carbocycles. The van der Waals surface area contributed by atoms with Crippen LogP contribution >= 0.6 is 0 Å². The fourth-order valence-corrected chi connectivity index (χ4v) is 2.44. The molecule has 0 N–H and O–H groups in total. The van der Waals surface area contributed by atoms with E-state index in [1.165, 1.54) is 11.1 Å². The lowest BCUT2D eigenvalue weighted by Crippen LogP contribution is -2.32. The van der Waals surface area contributed by atoms with E-state index < -0.39 is 0 Å². The summed E-state index contributed by atoms with van der Waals surface area (Å²) in [6, 6.07) is 8.94. The van der Waals surface area contributed by atoms with Gasteiger partial charge in [0, 0.05) is 13.2 Å². The molecule has 0 atom stereocenters. The van der Waals surface area contributed by atoms with Crippen LogP contribution < -0.4 is 0 Å². The van der Waals surface area contributed by atoms with Gasteiger partial charge >= 0.3 is 0 Å². The summed E-state index contributed by atoms with van der Waals surface area (Å²) >= 11 is 0. The number of nitrogens with zero attached hydrogens (tertiary/aromatic N) is 1. The van der Waals surface area contributed by atoms with E-state index in [0.29, 0.717) is 13.2 Å². The molecule has 0 bridgehead atoms. The van der Waals surface area contributed by atoms with Gasteiger partial charge in [-0.25, -0.2) is 0 Å². The first-order valence-electron chi connectivity index (χ1n) is 5.74. The van der Waals surface area contributed by atoms with Crippen LogP contribution in [0.5, 0.6) is 0 Å². The zero-order chi connectivity index (χ0) is 11.6. The summed E-state index contributed by atoms with van der Waals surface area (Å²) in [5.41, 5.74) is 3.30. The van der Waals surface area contributed by atoms with E-state index in [9.17, 15) is 5.26 Å². The summed E-state index contributed by atoms with van der Waals surface area (Å²) in [6.45, 7) is 5.56. The topological polar surface area (TPSA) is 33.0 Å². The Hall–Kier alpha value is -1.33. The Morgan fingerprint density at radius 3 is 2.19 bits per heavy atom. The largest absolute Gasteiger partial charge is 0.381 e. The first kappa shape index (κ1) is 11.2. The van der Waals surface area contributed by atoms with E-state index in [4.69, 9.17) is 4.74 Å². The van der Waals surface area contributed by atoms with Crippen LogP contribution in [0.3, 0.4) is 0 Å². The Kier molecular flexibility index (Phi) is 2.98. The quantitative estimate of drug-likeness (QED) is 0.721. The average molecular weight is 215 g/mol. The Morgan fingerprint density at radius 1 is 1.12 bits per heavy atom. The van der Waals surface area contributed by atoms with Crippen molar-refractivity contribution in [2.75, 3.05) is 13.2 Å². The van der Waals surface area contributed by atoms with Gasteiger partial charge in [-0.2, -0.15) is 5.26 Å². The van der Waals surface area contributed by atoms with Crippen molar-refractivity contribution in [1.29, 1.82) is 5.26 Å². The number of hydrogen-bond acceptors (Lipinski definition) is 2. The van der Waals surface area contributed by atoms with Crippen molar-refractivity contribution in [1.82, 2.24) is 0 Å². The molecule has 2 rings (SSSR count). The van der Waals surface area contributed by atoms with Gasteiger partial charge in [-0.15, -0.1) is 0 Å². The third-order valence-corrected chi connectivity index (χ3v) is 3.33. The third kappa shape index (κ3) is 1.96. The van der Waals surface area contributed by atoms with E-state index in [-0.39, 0.29) is 5.41 Å². The van der Waals surface area contributed by atoms with E-state index in [1.54, 1.807) is 0 Å². The van der Waals surface area contributed by atoms with E-state index in [1.807, 2.05) is 0 Å². The van der Waals surface area contributed by atoms with Crippen LogP contribution in [-0.2, 0) is 10.2 Å². The molecule has 16 heavy (non-hydrogen) atoms. The maximum Gasteiger partial charge on any atom is 0.0866 e. The summed E-state index contributed by atoms with van der Waals surface area (Å²) in [4.78, 5) is 0. The van der Waals surface area contributed by atoms with Crippen molar-refractivity contribution >= 4 is 0 Å². The van der Waals surface area contributed by atoms with Crippen LogP contribution in [0.4, 0.5) is 0 Å². The van der Waals surface area contributed by atoms with Crippen LogP contribution in [0, 0.1) is 25.2 Å². The molecule has 0 aromatic heterocycles. The molecule has 0 amide bonds. The fourth-order valence-electron chi connectivity index (χ4n) is 2.44. The average Bonchev–Trinajstić information content (AvgIpc) is 2.28. The molecule has 0 unspecified atom stereocenters. The molecule has 0 spiro atoms. The number of aryl methyl sites for hydroxylation is 2. The summed E-state index contributed by atoms with van der Waals surface area (Å²) in [5.74, 6) is 0. The van der Waals surface area contributed by atoms with Gasteiger partial charge in [0.25, 0.3) is 0 Å². The molecular formula is C14H17NO. The van der Waals surface area contributed by atoms with Crippen molar-refractivity contribution in [3.05, 3.63) is 34.9 Å². The highest BCUT2D eigenvalue weighted by molar-refractivity contribution is 5.38. The Balaban J connectivity index is 2.43. The minimum Gasteiger partial charge on any atom is -0.381 e. The maximum atomic E-state index is 9.47. The second-order valence-electron chi connectivity index (χ2n) is 4.68. The SMILES string of the molecule is Cc1cc(C)cc(C2(C#N)CCOCC2)c1. The minimum absolute atomic E-state index is 0.324. The minimum atomic E-state index is -0.324. The molecule has 1 saturated heterocycles. The number of nitriles is 1. The second kappa shape index (κ2) is 4.27. The van der Waals surface area contributed by atoms with Crippen LogP contribution in [0.1, 0.15) is 29.5 Å². The lowest BCUT2D eigenvalue weighted by molar-refractivity contribution is 0.0675. The Labute approximate surface area is 96.9 Å². The zero-order valence-corrected chi connectivity index (χ0v) is 9.92. The Bertz CT molecular complexity index is 405. The summed E-state index contributed by atoms with van der Waals surface area (Å²) in [6.07, 6.45) is 1.62. The van der Waals surface area contributed by atoms with Crippen molar-refractivity contribution in [2.45, 2.75) is 32.1 Å². The zero-order valence-electron chi connectivity index (χ0n) is 9.92. The van der Waals surface area contributed by atoms with E-state index in [2.05, 4.69) is 38.1 Å². The molecule has 1 aliphatic rings. The van der Waals surface area contributed by atoms with Crippen LogP contribution in [0.2, 0.25) is 0 Å². The number of ether oxygens (including phenoxy) is 1. The monoisotopic (exact) mass is 215 g/mol. The molecule has 84 valence electrons. The third-order valence-electron chi connectivity index (χ3n) is 3.33. The van der Waals surface area contributed by atoms with E-state index in [0.717, 1.165) is 18.4 Å². The van der Waals surface area contributed by atoms with Gasteiger partial charge in [-0.3, -0.25) is 0 Å². The van der Waals surface area contributed by atoms with Crippen LogP contribution in [0.15, 0.2) is 18.2 Å². The highest BCUT2D eigenvalue weighted by Gasteiger charge is 2.34. The standard InChI is InChI=1S/C14H17NO/c1-11-7-12(2)9-13(8-11)14(10-15)3-5-16-6-4-14/h7-9H,3-6H2,1-2H3. The number of benzene rings is 1. The van der Waals surface area contributed by atoms with Gasteiger partial charge < -0.3 is 4.74 Å². The van der Waals surface area contributed by atoms with Gasteiger partial charge in [-0.05, 0) is 32.3 Å². The van der Waals surface area contributed by atoms with Crippen molar-refractivity contribution < 1.29 is 4.74 Å². The van der Waals surface area contributed by atoms with Crippen LogP contribution in [0.25, 0.3) is 0 Å². The molecule has 0 radical (unpaired) electrons. The predicted molar refractivity (Wildman–Crippen MR) is 63.3 cm³/mol. The molecule has 1 aromatic carbocycles. The molecule has 1 aromatic rings. The smallest absolute Gasteiger partial charge is 0.0866 e. The Morgan fingerprint density at radius 2 is 1.69 bits per heavy atom. The van der Waals surface area contributed by atoms with E-state index >= 15 is 0 Å². The van der Waals surface area contributed by atoms with Crippen molar-refractivity contribution in [3.63, 3.8) is 0 Å². The molecule has 1 heterocycles. The lowest BCUT2D eigenvalue weighted by atomic mass is 9.75. The second-order valence-corrected chi connectivity index (χ2v) is 4.68. The lowest BCUT2D eigenvalue weighted by Gasteiger charge is -2.31. The van der Waals surface area contributed by atoms with Gasteiger partial charge in [0.2, 0.25) is 0 Å². The molecular weight excluding hydrogens is 198 g/mol. The predicted octanol–water partition coefficient (Wildman–Crippen LogP) is 2.88. The fraction of sp³-hybridized carbons (Fsp3) is 0.500. The molecule has 1 fully saturated rings. The highest BCUT2D eigenvalue weighted by atomic mass is 16.5. The summed E-state index contributed by atoms with van der Waals surface area (Å²) < 4.78 is 5.36. The normalized spacial score (nSPS) is 19.1. The van der Waals surface area contributed by atoms with Crippen molar-refractivity contribution in [3.8, 4) is 6.07 Å². The van der Waals surface area contributed by atoms with Gasteiger partial charge in [0.05, 0.1) is 11.5 Å². The summed E-state index contributed by atoms with van der Waals surface area (Å²) in [7, 11) is 0. The summed E-state index contributed by atoms with van der Waals surface area (Å²) in [5, 5.41) is 9.47. The van der Waals surface area contributed by atoms with Gasteiger partial charge in [-0.1, -0.05) is 29.3 Å². The van der Waals surface area contributed by atoms with Gasteiger partial charge in [0.1, 0.15) is 0 Å². The molecule has 0 saturated carbocycles. The highest BCUT2D eigenvalue weighted by Crippen LogP contribution is 2.34.